The van der Waals surface area contributed by atoms with Crippen LogP contribution in [-0.4, -0.2) is 56.3 Å². The third kappa shape index (κ3) is 9.39. The maximum atomic E-state index is 14.7. The molecular formula is C37H41ClN4O7S. The molecule has 0 spiro atoms. The molecule has 4 aromatic rings. The third-order valence-electron chi connectivity index (χ3n) is 8.04. The molecule has 0 aromatic heterocycles. The minimum absolute atomic E-state index is 0.0102. The summed E-state index contributed by atoms with van der Waals surface area (Å²) in [5, 5.41) is 14.9. The third-order valence-corrected chi connectivity index (χ3v) is 10.0. The second kappa shape index (κ2) is 16.6. The number of halogens is 1. The second-order valence-corrected chi connectivity index (χ2v) is 14.7. The van der Waals surface area contributed by atoms with Gasteiger partial charge in [0, 0.05) is 36.2 Å². The molecule has 0 radical (unpaired) electrons. The molecule has 1 N–H and O–H groups in total. The van der Waals surface area contributed by atoms with Gasteiger partial charge in [-0.3, -0.25) is 24.0 Å². The van der Waals surface area contributed by atoms with E-state index in [1.54, 1.807) is 0 Å². The van der Waals surface area contributed by atoms with E-state index in [-0.39, 0.29) is 40.9 Å². The Morgan fingerprint density at radius 3 is 2.28 bits per heavy atom. The molecule has 4 aromatic carbocycles. The van der Waals surface area contributed by atoms with Crippen molar-refractivity contribution in [3.63, 3.8) is 0 Å². The van der Waals surface area contributed by atoms with Crippen molar-refractivity contribution in [2.45, 2.75) is 51.6 Å². The van der Waals surface area contributed by atoms with E-state index in [2.05, 4.69) is 5.32 Å². The van der Waals surface area contributed by atoms with Gasteiger partial charge in [0.2, 0.25) is 11.8 Å². The van der Waals surface area contributed by atoms with Crippen LogP contribution in [0, 0.1) is 29.9 Å². The predicted molar refractivity (Wildman–Crippen MR) is 194 cm³/mol. The molecule has 11 nitrogen and oxygen atoms in total. The molecule has 1 unspecified atom stereocenters. The summed E-state index contributed by atoms with van der Waals surface area (Å²) < 4.78 is 35.3. The molecule has 2 amide bonds. The number of rotatable bonds is 15. The Bertz CT molecular complexity index is 1950. The van der Waals surface area contributed by atoms with E-state index < -0.39 is 49.9 Å². The molecule has 0 aliphatic carbocycles. The van der Waals surface area contributed by atoms with Gasteiger partial charge in [-0.2, -0.15) is 0 Å². The minimum Gasteiger partial charge on any atom is -0.495 e. The summed E-state index contributed by atoms with van der Waals surface area (Å²) in [6.45, 7) is 6.89. The quantitative estimate of drug-likeness (QED) is 0.110. The Hall–Kier alpha value is -4.94. The van der Waals surface area contributed by atoms with Crippen molar-refractivity contribution in [1.29, 1.82) is 0 Å². The number of sulfonamides is 1. The average Bonchev–Trinajstić information content (AvgIpc) is 3.07. The maximum Gasteiger partial charge on any atom is 0.273 e. The van der Waals surface area contributed by atoms with E-state index in [0.29, 0.717) is 6.54 Å². The topological polar surface area (TPSA) is 139 Å². The van der Waals surface area contributed by atoms with Crippen molar-refractivity contribution in [3.05, 3.63) is 128 Å². The summed E-state index contributed by atoms with van der Waals surface area (Å²) in [7, 11) is -3.33. The van der Waals surface area contributed by atoms with Crippen molar-refractivity contribution in [2.24, 2.45) is 5.92 Å². The fourth-order valence-corrected chi connectivity index (χ4v) is 7.03. The van der Waals surface area contributed by atoms with Crippen LogP contribution in [0.25, 0.3) is 0 Å². The van der Waals surface area contributed by atoms with E-state index in [1.165, 1.54) is 49.3 Å². The molecule has 264 valence electrons. The summed E-state index contributed by atoms with van der Waals surface area (Å²) in [6.07, 6.45) is 0.152. The first-order chi connectivity index (χ1) is 23.7. The van der Waals surface area contributed by atoms with Gasteiger partial charge in [-0.25, -0.2) is 8.42 Å². The first-order valence-corrected chi connectivity index (χ1v) is 17.8. The molecule has 50 heavy (non-hydrogen) atoms. The van der Waals surface area contributed by atoms with E-state index in [1.807, 2.05) is 75.4 Å². The summed E-state index contributed by atoms with van der Waals surface area (Å²) in [6, 6.07) is 23.5. The van der Waals surface area contributed by atoms with Crippen molar-refractivity contribution < 1.29 is 27.7 Å². The largest absolute Gasteiger partial charge is 0.495 e. The van der Waals surface area contributed by atoms with Gasteiger partial charge in [-0.15, -0.1) is 0 Å². The fourth-order valence-electron chi connectivity index (χ4n) is 5.43. The van der Waals surface area contributed by atoms with E-state index in [4.69, 9.17) is 16.3 Å². The normalized spacial score (nSPS) is 11.9. The van der Waals surface area contributed by atoms with Gasteiger partial charge in [0.15, 0.2) is 0 Å². The molecule has 13 heteroatoms. The number of nitro benzene ring substituents is 1. The van der Waals surface area contributed by atoms with Crippen LogP contribution in [0.2, 0.25) is 5.02 Å². The monoisotopic (exact) mass is 720 g/mol. The highest BCUT2D eigenvalue weighted by Crippen LogP contribution is 2.36. The number of methoxy groups -OCH3 is 1. The molecule has 0 fully saturated rings. The molecular weight excluding hydrogens is 680 g/mol. The molecule has 0 saturated carbocycles. The Kier molecular flexibility index (Phi) is 12.6. The predicted octanol–water partition coefficient (Wildman–Crippen LogP) is 6.48. The van der Waals surface area contributed by atoms with Gasteiger partial charge in [0.25, 0.3) is 15.7 Å². The zero-order valence-corrected chi connectivity index (χ0v) is 30.2. The number of benzene rings is 4. The van der Waals surface area contributed by atoms with Crippen molar-refractivity contribution in [1.82, 2.24) is 10.2 Å². The number of carbonyl (C=O) groups excluding carboxylic acids is 2. The molecule has 0 aliphatic heterocycles. The van der Waals surface area contributed by atoms with Gasteiger partial charge in [0.05, 0.1) is 22.6 Å². The number of anilines is 1. The lowest BCUT2D eigenvalue weighted by atomic mass is 10.0. The number of carbonyl (C=O) groups is 2. The molecule has 0 aliphatic rings. The zero-order valence-electron chi connectivity index (χ0n) is 28.6. The van der Waals surface area contributed by atoms with Gasteiger partial charge in [0.1, 0.15) is 18.3 Å². The number of amides is 2. The van der Waals surface area contributed by atoms with Crippen molar-refractivity contribution in [2.75, 3.05) is 24.5 Å². The van der Waals surface area contributed by atoms with Gasteiger partial charge < -0.3 is 15.0 Å². The number of nitro groups is 1. The fraction of sp³-hybridized carbons (Fsp3) is 0.297. The Morgan fingerprint density at radius 1 is 0.940 bits per heavy atom. The van der Waals surface area contributed by atoms with Gasteiger partial charge in [-0.1, -0.05) is 91.7 Å². The van der Waals surface area contributed by atoms with Crippen LogP contribution in [0.1, 0.15) is 36.1 Å². The summed E-state index contributed by atoms with van der Waals surface area (Å²) in [4.78, 5) is 40.8. The number of nitrogens with zero attached hydrogens (tertiary/aromatic N) is 3. The number of hydrogen-bond acceptors (Lipinski definition) is 7. The van der Waals surface area contributed by atoms with Crippen molar-refractivity contribution >= 4 is 44.8 Å². The van der Waals surface area contributed by atoms with Crippen LogP contribution in [0.4, 0.5) is 11.4 Å². The highest BCUT2D eigenvalue weighted by Gasteiger charge is 2.36. The molecule has 0 bridgehead atoms. The van der Waals surface area contributed by atoms with Gasteiger partial charge >= 0.3 is 0 Å². The van der Waals surface area contributed by atoms with E-state index in [0.717, 1.165) is 27.1 Å². The average molecular weight is 721 g/mol. The second-order valence-electron chi connectivity index (χ2n) is 12.4. The standard InChI is InChI=1S/C37H41ClN4O7S/c1-25(2)22-39-37(44)34(19-28-11-7-6-8-12-28)40(23-29-13-9-10-26(3)18-29)36(43)24-41(33-20-30(38)15-17-35(33)49-5)50(47,48)31-16-14-27(4)32(21-31)42(45)46/h6-18,20-21,25,34H,19,22-24H2,1-5H3,(H,39,44). The highest BCUT2D eigenvalue weighted by atomic mass is 35.5. The smallest absolute Gasteiger partial charge is 0.273 e. The Balaban J connectivity index is 1.89. The number of aryl methyl sites for hydroxylation is 2. The Labute approximate surface area is 298 Å². The van der Waals surface area contributed by atoms with E-state index in [9.17, 15) is 28.1 Å². The van der Waals surface area contributed by atoms with E-state index >= 15 is 0 Å². The summed E-state index contributed by atoms with van der Waals surface area (Å²) >= 11 is 6.35. The number of nitrogens with one attached hydrogen (secondary N) is 1. The van der Waals surface area contributed by atoms with Crippen LogP contribution in [0.15, 0.2) is 95.9 Å². The van der Waals surface area contributed by atoms with Crippen LogP contribution >= 0.6 is 11.6 Å². The number of ether oxygens (including phenoxy) is 1. The molecule has 4 rings (SSSR count). The van der Waals surface area contributed by atoms with Crippen LogP contribution in [-0.2, 0) is 32.6 Å². The highest BCUT2D eigenvalue weighted by molar-refractivity contribution is 7.92. The summed E-state index contributed by atoms with van der Waals surface area (Å²) in [5.41, 5.74) is 2.27. The Morgan fingerprint density at radius 2 is 1.64 bits per heavy atom. The lowest BCUT2D eigenvalue weighted by molar-refractivity contribution is -0.385. The van der Waals surface area contributed by atoms with Gasteiger partial charge in [-0.05, 0) is 55.2 Å². The first-order valence-electron chi connectivity index (χ1n) is 16.0. The molecule has 0 saturated heterocycles. The lowest BCUT2D eigenvalue weighted by Crippen LogP contribution is -2.53. The summed E-state index contributed by atoms with van der Waals surface area (Å²) in [5.74, 6) is -0.869. The van der Waals surface area contributed by atoms with Crippen LogP contribution in [0.5, 0.6) is 5.75 Å². The lowest BCUT2D eigenvalue weighted by Gasteiger charge is -2.34. The molecule has 1 atom stereocenters. The number of hydrogen-bond donors (Lipinski definition) is 1. The van der Waals surface area contributed by atoms with Crippen LogP contribution < -0.4 is 14.4 Å². The zero-order chi connectivity index (χ0) is 36.6. The van der Waals surface area contributed by atoms with Crippen LogP contribution in [0.3, 0.4) is 0 Å². The van der Waals surface area contributed by atoms with Crippen molar-refractivity contribution in [3.8, 4) is 5.75 Å². The first kappa shape index (κ1) is 37.9. The maximum absolute atomic E-state index is 14.7. The SMILES string of the molecule is COc1ccc(Cl)cc1N(CC(=O)N(Cc1cccc(C)c1)C(Cc1ccccc1)C(=O)NCC(C)C)S(=O)(=O)c1ccc(C)c([N+](=O)[O-])c1. The molecule has 0 heterocycles. The minimum atomic E-state index is -4.67.